The maximum Gasteiger partial charge on any atom is 0.410 e. The van der Waals surface area contributed by atoms with Gasteiger partial charge in [-0.1, -0.05) is 20.3 Å². The number of hydrogen-bond acceptors (Lipinski definition) is 4. The Morgan fingerprint density at radius 2 is 1.83 bits per heavy atom. The molecule has 1 heterocycles. The number of likely N-dealkylation sites (tertiary alicyclic amines) is 1. The maximum atomic E-state index is 13.1. The van der Waals surface area contributed by atoms with Crippen molar-refractivity contribution in [1.29, 1.82) is 0 Å². The third-order valence-electron chi connectivity index (χ3n) is 6.70. The number of ether oxygens (including phenoxy) is 2. The number of rotatable bonds is 8. The lowest BCUT2D eigenvalue weighted by Crippen LogP contribution is -2.52. The first-order chi connectivity index (χ1) is 13.5. The molecular formula is C23H42N2O4. The molecule has 0 aromatic heterocycles. The first-order valence-electron chi connectivity index (χ1n) is 11.3. The second kappa shape index (κ2) is 9.67. The van der Waals surface area contributed by atoms with Gasteiger partial charge in [0.15, 0.2) is 0 Å². The van der Waals surface area contributed by atoms with Crippen molar-refractivity contribution < 1.29 is 19.1 Å². The van der Waals surface area contributed by atoms with E-state index in [0.29, 0.717) is 13.1 Å². The zero-order valence-corrected chi connectivity index (χ0v) is 19.4. The molecule has 168 valence electrons. The van der Waals surface area contributed by atoms with Crippen molar-refractivity contribution in [3.63, 3.8) is 0 Å². The van der Waals surface area contributed by atoms with Crippen molar-refractivity contribution in [3.05, 3.63) is 0 Å². The lowest BCUT2D eigenvalue weighted by Gasteiger charge is -2.44. The molecule has 1 aliphatic heterocycles. The third-order valence-corrected chi connectivity index (χ3v) is 6.70. The Morgan fingerprint density at radius 1 is 1.14 bits per heavy atom. The largest absolute Gasteiger partial charge is 0.444 e. The van der Waals surface area contributed by atoms with Crippen LogP contribution in [0.25, 0.3) is 0 Å². The summed E-state index contributed by atoms with van der Waals surface area (Å²) in [6.45, 7) is 15.2. The molecule has 2 rings (SSSR count). The summed E-state index contributed by atoms with van der Waals surface area (Å²) in [5.74, 6) is 0.223. The average Bonchev–Trinajstić information content (AvgIpc) is 2.61. The molecule has 6 heteroatoms. The molecule has 0 unspecified atom stereocenters. The van der Waals surface area contributed by atoms with E-state index < -0.39 is 11.0 Å². The Bertz CT molecular complexity index is 564. The van der Waals surface area contributed by atoms with Crippen LogP contribution in [0, 0.1) is 16.7 Å². The van der Waals surface area contributed by atoms with Crippen LogP contribution >= 0.6 is 0 Å². The molecule has 1 aliphatic carbocycles. The maximum absolute atomic E-state index is 13.1. The smallest absolute Gasteiger partial charge is 0.410 e. The summed E-state index contributed by atoms with van der Waals surface area (Å²) in [6, 6.07) is 0. The highest BCUT2D eigenvalue weighted by Crippen LogP contribution is 2.44. The molecule has 1 saturated carbocycles. The normalized spacial score (nSPS) is 22.0. The molecule has 0 aromatic carbocycles. The molecule has 2 amide bonds. The van der Waals surface area contributed by atoms with Crippen LogP contribution in [0.3, 0.4) is 0 Å². The van der Waals surface area contributed by atoms with Crippen LogP contribution in [0.4, 0.5) is 4.79 Å². The average molecular weight is 411 g/mol. The van der Waals surface area contributed by atoms with Gasteiger partial charge in [-0.05, 0) is 71.1 Å². The lowest BCUT2D eigenvalue weighted by molar-refractivity contribution is -0.134. The number of carbonyl (C=O) groups excluding carboxylic acids is 2. The summed E-state index contributed by atoms with van der Waals surface area (Å²) >= 11 is 0. The topological polar surface area (TPSA) is 67.9 Å². The number of nitrogens with one attached hydrogen (secondary N) is 1. The van der Waals surface area contributed by atoms with Crippen LogP contribution in [-0.2, 0) is 14.3 Å². The van der Waals surface area contributed by atoms with Gasteiger partial charge in [0.25, 0.3) is 0 Å². The van der Waals surface area contributed by atoms with Crippen molar-refractivity contribution in [2.45, 2.75) is 85.7 Å². The molecule has 2 fully saturated rings. The molecule has 1 saturated heterocycles. The van der Waals surface area contributed by atoms with E-state index in [1.807, 2.05) is 41.5 Å². The van der Waals surface area contributed by atoms with E-state index in [2.05, 4.69) is 5.32 Å². The fourth-order valence-corrected chi connectivity index (χ4v) is 4.36. The molecule has 0 aromatic rings. The zero-order valence-electron chi connectivity index (χ0n) is 19.4. The van der Waals surface area contributed by atoms with Crippen LogP contribution in [0.1, 0.15) is 80.1 Å². The lowest BCUT2D eigenvalue weighted by atomic mass is 9.66. The van der Waals surface area contributed by atoms with Crippen LogP contribution in [0.5, 0.6) is 0 Å². The second-order valence-corrected chi connectivity index (χ2v) is 10.5. The number of nitrogens with zero attached hydrogens (tertiary/aromatic N) is 1. The standard InChI is InChI=1S/C23H42N2O4/c1-7-28-15-13-23(11-9-12-23)17-24-19(26)22(5,6)18-10-8-14-25(16-18)20(27)29-21(2,3)4/h18H,7-17H2,1-6H3,(H,24,26)/t18-/m0/s1. The summed E-state index contributed by atoms with van der Waals surface area (Å²) in [6.07, 6.45) is 6.15. The monoisotopic (exact) mass is 410 g/mol. The highest BCUT2D eigenvalue weighted by atomic mass is 16.6. The molecule has 2 aliphatic rings. The molecule has 1 N–H and O–H groups in total. The quantitative estimate of drug-likeness (QED) is 0.603. The number of piperidine rings is 1. The van der Waals surface area contributed by atoms with Crippen molar-refractivity contribution in [2.75, 3.05) is 32.8 Å². The SMILES string of the molecule is CCOCCC1(CNC(=O)C(C)(C)[C@H]2CCCN(C(=O)OC(C)(C)C)C2)CCC1. The highest BCUT2D eigenvalue weighted by Gasteiger charge is 2.42. The van der Waals surface area contributed by atoms with Crippen molar-refractivity contribution in [1.82, 2.24) is 10.2 Å². The van der Waals surface area contributed by atoms with Crippen LogP contribution < -0.4 is 5.32 Å². The van der Waals surface area contributed by atoms with Gasteiger partial charge in [0.05, 0.1) is 0 Å². The Kier molecular flexibility index (Phi) is 8.00. The second-order valence-electron chi connectivity index (χ2n) is 10.5. The fraction of sp³-hybridized carbons (Fsp3) is 0.913. The minimum absolute atomic E-state index is 0.0937. The molecule has 0 spiro atoms. The zero-order chi connectivity index (χ0) is 21.7. The van der Waals surface area contributed by atoms with Crippen LogP contribution in [-0.4, -0.2) is 55.3 Å². The van der Waals surface area contributed by atoms with Gasteiger partial charge in [-0.25, -0.2) is 4.79 Å². The summed E-state index contributed by atoms with van der Waals surface area (Å²) in [7, 11) is 0. The van der Waals surface area contributed by atoms with Gasteiger partial charge in [0, 0.05) is 38.3 Å². The Labute approximate surface area is 177 Å². The first kappa shape index (κ1) is 24.0. The Morgan fingerprint density at radius 3 is 2.38 bits per heavy atom. The van der Waals surface area contributed by atoms with Crippen LogP contribution in [0.2, 0.25) is 0 Å². The number of hydrogen-bond donors (Lipinski definition) is 1. The van der Waals surface area contributed by atoms with Gasteiger partial charge in [0.1, 0.15) is 5.60 Å². The van der Waals surface area contributed by atoms with E-state index in [9.17, 15) is 9.59 Å². The van der Waals surface area contributed by atoms with Crippen molar-refractivity contribution >= 4 is 12.0 Å². The third kappa shape index (κ3) is 6.59. The predicted octanol–water partition coefficient (Wildman–Crippen LogP) is 4.37. The minimum Gasteiger partial charge on any atom is -0.444 e. The van der Waals surface area contributed by atoms with Crippen molar-refractivity contribution in [2.24, 2.45) is 16.7 Å². The molecule has 0 radical (unpaired) electrons. The van der Waals surface area contributed by atoms with Crippen LogP contribution in [0.15, 0.2) is 0 Å². The molecule has 1 atom stereocenters. The molecular weight excluding hydrogens is 368 g/mol. The van der Waals surface area contributed by atoms with E-state index in [-0.39, 0.29) is 23.3 Å². The fourth-order valence-electron chi connectivity index (χ4n) is 4.36. The van der Waals surface area contributed by atoms with Gasteiger partial charge < -0.3 is 19.7 Å². The Hall–Kier alpha value is -1.30. The number of carbonyl (C=O) groups is 2. The van der Waals surface area contributed by atoms with Gasteiger partial charge in [0.2, 0.25) is 5.91 Å². The molecule has 6 nitrogen and oxygen atoms in total. The van der Waals surface area contributed by atoms with Gasteiger partial charge >= 0.3 is 6.09 Å². The first-order valence-corrected chi connectivity index (χ1v) is 11.3. The highest BCUT2D eigenvalue weighted by molar-refractivity contribution is 5.82. The summed E-state index contributed by atoms with van der Waals surface area (Å²) in [4.78, 5) is 27.4. The van der Waals surface area contributed by atoms with Gasteiger partial charge in [-0.3, -0.25) is 4.79 Å². The summed E-state index contributed by atoms with van der Waals surface area (Å²) < 4.78 is 11.1. The van der Waals surface area contributed by atoms with E-state index >= 15 is 0 Å². The van der Waals surface area contributed by atoms with E-state index in [4.69, 9.17) is 9.47 Å². The van der Waals surface area contributed by atoms with Gasteiger partial charge in [-0.2, -0.15) is 0 Å². The summed E-state index contributed by atoms with van der Waals surface area (Å²) in [5, 5.41) is 3.24. The van der Waals surface area contributed by atoms with E-state index in [1.54, 1.807) is 4.90 Å². The molecule has 29 heavy (non-hydrogen) atoms. The van der Waals surface area contributed by atoms with Gasteiger partial charge in [-0.15, -0.1) is 0 Å². The summed E-state index contributed by atoms with van der Waals surface area (Å²) in [5.41, 5.74) is -0.822. The molecule has 0 bridgehead atoms. The van der Waals surface area contributed by atoms with Crippen molar-refractivity contribution in [3.8, 4) is 0 Å². The Balaban J connectivity index is 1.91. The van der Waals surface area contributed by atoms with E-state index in [1.165, 1.54) is 6.42 Å². The predicted molar refractivity (Wildman–Crippen MR) is 115 cm³/mol. The van der Waals surface area contributed by atoms with E-state index in [0.717, 1.165) is 51.9 Å². The minimum atomic E-state index is -0.522. The number of amides is 2.